The third kappa shape index (κ3) is 3.37. The molecule has 0 saturated heterocycles. The van der Waals surface area contributed by atoms with Gasteiger partial charge in [-0.3, -0.25) is 0 Å². The molecule has 0 bridgehead atoms. The molecule has 0 saturated carbocycles. The Hall–Kier alpha value is -1.22. The van der Waals surface area contributed by atoms with Crippen molar-refractivity contribution in [2.45, 2.75) is 6.61 Å². The molecule has 0 aliphatic carbocycles. The summed E-state index contributed by atoms with van der Waals surface area (Å²) in [6, 6.07) is 12.2. The summed E-state index contributed by atoms with van der Waals surface area (Å²) in [5.41, 5.74) is 0.788. The first kappa shape index (κ1) is 12.2. The van der Waals surface area contributed by atoms with Gasteiger partial charge in [0.05, 0.1) is 6.61 Å². The molecule has 0 aliphatic rings. The van der Waals surface area contributed by atoms with Crippen molar-refractivity contribution >= 4 is 23.2 Å². The molecule has 0 unspecified atom stereocenters. The Balaban J connectivity index is 2.24. The number of benzene rings is 2. The lowest BCUT2D eigenvalue weighted by atomic mass is 10.2. The summed E-state index contributed by atoms with van der Waals surface area (Å²) in [6.45, 7) is -0.0203. The van der Waals surface area contributed by atoms with Crippen LogP contribution in [-0.4, -0.2) is 5.11 Å². The molecule has 1 N–H and O–H groups in total. The molecule has 0 atom stereocenters. The Kier molecular flexibility index (Phi) is 3.89. The van der Waals surface area contributed by atoms with Crippen LogP contribution in [0.5, 0.6) is 11.5 Å². The van der Waals surface area contributed by atoms with E-state index in [-0.39, 0.29) is 6.61 Å². The fraction of sp³-hybridized carbons (Fsp3) is 0.0769. The van der Waals surface area contributed by atoms with Crippen LogP contribution in [0.1, 0.15) is 5.56 Å². The Morgan fingerprint density at radius 3 is 2.29 bits per heavy atom. The quantitative estimate of drug-likeness (QED) is 0.901. The molecular formula is C13H10Cl2O2. The second kappa shape index (κ2) is 5.41. The molecule has 2 rings (SSSR count). The van der Waals surface area contributed by atoms with Crippen LogP contribution < -0.4 is 4.74 Å². The average Bonchev–Trinajstić information content (AvgIpc) is 2.28. The molecule has 0 aromatic heterocycles. The third-order valence-electron chi connectivity index (χ3n) is 2.15. The van der Waals surface area contributed by atoms with E-state index in [2.05, 4.69) is 0 Å². The minimum Gasteiger partial charge on any atom is -0.457 e. The SMILES string of the molecule is OCc1cccc(Oc2cc(Cl)cc(Cl)c2)c1. The van der Waals surface area contributed by atoms with Crippen molar-refractivity contribution in [3.8, 4) is 11.5 Å². The van der Waals surface area contributed by atoms with E-state index in [4.69, 9.17) is 33.0 Å². The van der Waals surface area contributed by atoms with Crippen molar-refractivity contribution < 1.29 is 9.84 Å². The predicted molar refractivity (Wildman–Crippen MR) is 68.9 cm³/mol. The molecule has 0 radical (unpaired) electrons. The van der Waals surface area contributed by atoms with Crippen molar-refractivity contribution in [2.75, 3.05) is 0 Å². The normalized spacial score (nSPS) is 10.3. The molecule has 4 heteroatoms. The van der Waals surface area contributed by atoms with E-state index in [1.54, 1.807) is 30.3 Å². The first-order valence-corrected chi connectivity index (χ1v) is 5.77. The van der Waals surface area contributed by atoms with Gasteiger partial charge in [0.1, 0.15) is 11.5 Å². The largest absolute Gasteiger partial charge is 0.457 e. The zero-order valence-corrected chi connectivity index (χ0v) is 10.4. The number of aliphatic hydroxyl groups is 1. The molecule has 2 nitrogen and oxygen atoms in total. The predicted octanol–water partition coefficient (Wildman–Crippen LogP) is 4.28. The van der Waals surface area contributed by atoms with Crippen LogP contribution in [0.2, 0.25) is 10.0 Å². The van der Waals surface area contributed by atoms with Crippen molar-refractivity contribution in [2.24, 2.45) is 0 Å². The lowest BCUT2D eigenvalue weighted by molar-refractivity contribution is 0.281. The summed E-state index contributed by atoms with van der Waals surface area (Å²) < 4.78 is 5.60. The molecule has 0 spiro atoms. The lowest BCUT2D eigenvalue weighted by Crippen LogP contribution is -1.87. The first-order chi connectivity index (χ1) is 8.17. The van der Waals surface area contributed by atoms with Gasteiger partial charge in [-0.05, 0) is 35.9 Å². The maximum atomic E-state index is 9.02. The number of rotatable bonds is 3. The lowest BCUT2D eigenvalue weighted by Gasteiger charge is -2.07. The van der Waals surface area contributed by atoms with Crippen molar-refractivity contribution in [3.63, 3.8) is 0 Å². The van der Waals surface area contributed by atoms with Gasteiger partial charge in [0.15, 0.2) is 0 Å². The zero-order valence-electron chi connectivity index (χ0n) is 8.86. The van der Waals surface area contributed by atoms with Gasteiger partial charge in [-0.25, -0.2) is 0 Å². The van der Waals surface area contributed by atoms with Crippen LogP contribution >= 0.6 is 23.2 Å². The number of hydrogen-bond acceptors (Lipinski definition) is 2. The van der Waals surface area contributed by atoms with E-state index in [1.165, 1.54) is 0 Å². The highest BCUT2D eigenvalue weighted by atomic mass is 35.5. The molecule has 0 aliphatic heterocycles. The van der Waals surface area contributed by atoms with E-state index < -0.39 is 0 Å². The average molecular weight is 269 g/mol. The van der Waals surface area contributed by atoms with Gasteiger partial charge >= 0.3 is 0 Å². The van der Waals surface area contributed by atoms with Crippen LogP contribution in [0.25, 0.3) is 0 Å². The Morgan fingerprint density at radius 2 is 1.65 bits per heavy atom. The highest BCUT2D eigenvalue weighted by molar-refractivity contribution is 6.34. The van der Waals surface area contributed by atoms with Gasteiger partial charge in [-0.2, -0.15) is 0 Å². The number of halogens is 2. The minimum absolute atomic E-state index is 0.0203. The van der Waals surface area contributed by atoms with Crippen LogP contribution in [0, 0.1) is 0 Å². The summed E-state index contributed by atoms with van der Waals surface area (Å²) in [5, 5.41) is 10.1. The first-order valence-electron chi connectivity index (χ1n) is 5.01. The van der Waals surface area contributed by atoms with E-state index in [9.17, 15) is 0 Å². The molecule has 2 aromatic rings. The molecule has 0 fully saturated rings. The third-order valence-corrected chi connectivity index (χ3v) is 2.59. The Bertz CT molecular complexity index is 506. The number of ether oxygens (including phenoxy) is 1. The molecule has 2 aromatic carbocycles. The monoisotopic (exact) mass is 268 g/mol. The highest BCUT2D eigenvalue weighted by Crippen LogP contribution is 2.28. The summed E-state index contributed by atoms with van der Waals surface area (Å²) in [5.74, 6) is 1.20. The van der Waals surface area contributed by atoms with Crippen LogP contribution in [0.4, 0.5) is 0 Å². The van der Waals surface area contributed by atoms with Crippen molar-refractivity contribution in [3.05, 3.63) is 58.1 Å². The smallest absolute Gasteiger partial charge is 0.130 e. The van der Waals surface area contributed by atoms with Crippen LogP contribution in [0.3, 0.4) is 0 Å². The molecule has 88 valence electrons. The van der Waals surface area contributed by atoms with Gasteiger partial charge in [-0.15, -0.1) is 0 Å². The summed E-state index contributed by atoms with van der Waals surface area (Å²) in [7, 11) is 0. The van der Waals surface area contributed by atoms with Gasteiger partial charge in [-0.1, -0.05) is 35.3 Å². The van der Waals surface area contributed by atoms with Crippen LogP contribution in [0.15, 0.2) is 42.5 Å². The van der Waals surface area contributed by atoms with E-state index >= 15 is 0 Å². The number of hydrogen-bond donors (Lipinski definition) is 1. The van der Waals surface area contributed by atoms with Gasteiger partial charge < -0.3 is 9.84 Å². The topological polar surface area (TPSA) is 29.5 Å². The summed E-state index contributed by atoms with van der Waals surface area (Å²) >= 11 is 11.7. The molecule has 0 amide bonds. The van der Waals surface area contributed by atoms with E-state index in [0.717, 1.165) is 5.56 Å². The van der Waals surface area contributed by atoms with Gasteiger partial charge in [0.2, 0.25) is 0 Å². The van der Waals surface area contributed by atoms with Crippen molar-refractivity contribution in [1.82, 2.24) is 0 Å². The number of aliphatic hydroxyl groups excluding tert-OH is 1. The molecule has 0 heterocycles. The van der Waals surface area contributed by atoms with Crippen LogP contribution in [-0.2, 0) is 6.61 Å². The Labute approximate surface area is 109 Å². The summed E-state index contributed by atoms with van der Waals surface area (Å²) in [6.07, 6.45) is 0. The minimum atomic E-state index is -0.0203. The second-order valence-corrected chi connectivity index (χ2v) is 4.39. The van der Waals surface area contributed by atoms with E-state index in [1.807, 2.05) is 12.1 Å². The summed E-state index contributed by atoms with van der Waals surface area (Å²) in [4.78, 5) is 0. The van der Waals surface area contributed by atoms with Gasteiger partial charge in [0, 0.05) is 10.0 Å². The van der Waals surface area contributed by atoms with E-state index in [0.29, 0.717) is 21.5 Å². The fourth-order valence-electron chi connectivity index (χ4n) is 1.43. The maximum Gasteiger partial charge on any atom is 0.130 e. The highest BCUT2D eigenvalue weighted by Gasteiger charge is 2.02. The van der Waals surface area contributed by atoms with Crippen molar-refractivity contribution in [1.29, 1.82) is 0 Å². The molecular weight excluding hydrogens is 259 g/mol. The standard InChI is InChI=1S/C13H10Cl2O2/c14-10-5-11(15)7-13(6-10)17-12-3-1-2-9(4-12)8-16/h1-7,16H,8H2. The second-order valence-electron chi connectivity index (χ2n) is 3.51. The zero-order chi connectivity index (χ0) is 12.3. The Morgan fingerprint density at radius 1 is 0.941 bits per heavy atom. The molecule has 17 heavy (non-hydrogen) atoms. The fourth-order valence-corrected chi connectivity index (χ4v) is 1.94. The van der Waals surface area contributed by atoms with Gasteiger partial charge in [0.25, 0.3) is 0 Å². The maximum absolute atomic E-state index is 9.02.